The van der Waals surface area contributed by atoms with Crippen LogP contribution < -0.4 is 0 Å². The molecule has 2 aromatic heterocycles. The van der Waals surface area contributed by atoms with Gasteiger partial charge in [0.25, 0.3) is 0 Å². The number of oxazole rings is 1. The summed E-state index contributed by atoms with van der Waals surface area (Å²) >= 11 is 7.47. The molecule has 0 saturated carbocycles. The summed E-state index contributed by atoms with van der Waals surface area (Å²) in [6.07, 6.45) is 1.73. The van der Waals surface area contributed by atoms with E-state index in [4.69, 9.17) is 16.0 Å². The molecule has 27 heavy (non-hydrogen) atoms. The summed E-state index contributed by atoms with van der Waals surface area (Å²) in [5.41, 5.74) is 3.20. The Hall–Kier alpha value is -2.57. The van der Waals surface area contributed by atoms with Crippen molar-refractivity contribution in [3.8, 4) is 22.7 Å². The number of halogens is 1. The molecule has 5 nitrogen and oxygen atoms in total. The number of thioether (sulfide) groups is 1. The van der Waals surface area contributed by atoms with Crippen molar-refractivity contribution in [3.05, 3.63) is 71.2 Å². The second-order valence-corrected chi connectivity index (χ2v) is 7.47. The molecule has 7 heteroatoms. The van der Waals surface area contributed by atoms with Gasteiger partial charge in [0.2, 0.25) is 5.89 Å². The number of hydrogen-bond donors (Lipinski definition) is 0. The van der Waals surface area contributed by atoms with Gasteiger partial charge in [0.05, 0.1) is 11.9 Å². The maximum atomic E-state index is 5.93. The second kappa shape index (κ2) is 7.58. The van der Waals surface area contributed by atoms with Crippen molar-refractivity contribution in [2.45, 2.75) is 17.8 Å². The van der Waals surface area contributed by atoms with Crippen molar-refractivity contribution in [2.24, 2.45) is 7.05 Å². The standard InChI is InChI=1S/C20H17ClN4OS/c1-13-5-3-4-6-16(13)19-23-24-20(25(19)2)27-12-18-22-11-17(26-18)14-7-9-15(21)10-8-14/h3-11H,12H2,1-2H3. The van der Waals surface area contributed by atoms with E-state index in [0.29, 0.717) is 16.7 Å². The highest BCUT2D eigenvalue weighted by Crippen LogP contribution is 2.28. The van der Waals surface area contributed by atoms with Gasteiger partial charge >= 0.3 is 0 Å². The molecule has 0 radical (unpaired) electrons. The Kier molecular flexibility index (Phi) is 5.01. The van der Waals surface area contributed by atoms with E-state index in [0.717, 1.165) is 27.9 Å². The molecule has 0 atom stereocenters. The van der Waals surface area contributed by atoms with Gasteiger partial charge in [-0.15, -0.1) is 10.2 Å². The lowest BCUT2D eigenvalue weighted by molar-refractivity contribution is 0.529. The lowest BCUT2D eigenvalue weighted by Gasteiger charge is -2.05. The van der Waals surface area contributed by atoms with Gasteiger partial charge in [-0.3, -0.25) is 0 Å². The number of aromatic nitrogens is 4. The van der Waals surface area contributed by atoms with Gasteiger partial charge < -0.3 is 8.98 Å². The van der Waals surface area contributed by atoms with Crippen LogP contribution in [0.15, 0.2) is 64.3 Å². The van der Waals surface area contributed by atoms with Gasteiger partial charge in [0.15, 0.2) is 16.7 Å². The molecule has 0 bridgehead atoms. The largest absolute Gasteiger partial charge is 0.440 e. The first-order valence-corrected chi connectivity index (χ1v) is 9.77. The van der Waals surface area contributed by atoms with Gasteiger partial charge in [-0.1, -0.05) is 47.6 Å². The molecule has 0 unspecified atom stereocenters. The normalized spacial score (nSPS) is 11.1. The molecule has 0 aliphatic rings. The highest BCUT2D eigenvalue weighted by Gasteiger charge is 2.14. The van der Waals surface area contributed by atoms with Crippen LogP contribution >= 0.6 is 23.4 Å². The maximum Gasteiger partial charge on any atom is 0.205 e. The maximum absolute atomic E-state index is 5.93. The van der Waals surface area contributed by atoms with Gasteiger partial charge in [0, 0.05) is 23.2 Å². The van der Waals surface area contributed by atoms with E-state index in [1.165, 1.54) is 5.56 Å². The van der Waals surface area contributed by atoms with Crippen molar-refractivity contribution in [3.63, 3.8) is 0 Å². The Morgan fingerprint density at radius 3 is 2.63 bits per heavy atom. The summed E-state index contributed by atoms with van der Waals surface area (Å²) in [5.74, 6) is 2.80. The minimum atomic E-state index is 0.577. The number of aryl methyl sites for hydroxylation is 1. The zero-order valence-electron chi connectivity index (χ0n) is 14.9. The van der Waals surface area contributed by atoms with E-state index >= 15 is 0 Å². The van der Waals surface area contributed by atoms with Crippen LogP contribution in [-0.2, 0) is 12.8 Å². The summed E-state index contributed by atoms with van der Waals surface area (Å²) in [6.45, 7) is 2.07. The van der Waals surface area contributed by atoms with E-state index in [1.54, 1.807) is 18.0 Å². The van der Waals surface area contributed by atoms with Crippen LogP contribution in [0.3, 0.4) is 0 Å². The van der Waals surface area contributed by atoms with E-state index in [-0.39, 0.29) is 0 Å². The van der Waals surface area contributed by atoms with Crippen LogP contribution in [0, 0.1) is 6.92 Å². The first-order chi connectivity index (χ1) is 13.1. The predicted molar refractivity (Wildman–Crippen MR) is 108 cm³/mol. The average molecular weight is 397 g/mol. The quantitative estimate of drug-likeness (QED) is 0.423. The predicted octanol–water partition coefficient (Wildman–Crippen LogP) is 5.39. The summed E-state index contributed by atoms with van der Waals surface area (Å²) < 4.78 is 7.85. The van der Waals surface area contributed by atoms with Gasteiger partial charge in [-0.25, -0.2) is 4.98 Å². The summed E-state index contributed by atoms with van der Waals surface area (Å²) in [5, 5.41) is 10.2. The fourth-order valence-electron chi connectivity index (χ4n) is 2.75. The first-order valence-electron chi connectivity index (χ1n) is 8.40. The van der Waals surface area contributed by atoms with Crippen LogP contribution in [-0.4, -0.2) is 19.7 Å². The highest BCUT2D eigenvalue weighted by atomic mass is 35.5. The van der Waals surface area contributed by atoms with Crippen LogP contribution in [0.25, 0.3) is 22.7 Å². The van der Waals surface area contributed by atoms with Crippen molar-refractivity contribution in [1.82, 2.24) is 19.7 Å². The third kappa shape index (κ3) is 3.77. The van der Waals surface area contributed by atoms with Crippen LogP contribution in [0.5, 0.6) is 0 Å². The molecule has 136 valence electrons. The lowest BCUT2D eigenvalue weighted by atomic mass is 10.1. The molecule has 0 aliphatic carbocycles. The van der Waals surface area contributed by atoms with Crippen LogP contribution in [0.2, 0.25) is 5.02 Å². The molecule has 0 fully saturated rings. The van der Waals surface area contributed by atoms with E-state index in [9.17, 15) is 0 Å². The molecular weight excluding hydrogens is 380 g/mol. The third-order valence-electron chi connectivity index (χ3n) is 4.23. The lowest BCUT2D eigenvalue weighted by Crippen LogP contribution is -1.96. The average Bonchev–Trinajstić information content (AvgIpc) is 3.28. The van der Waals surface area contributed by atoms with Crippen molar-refractivity contribution >= 4 is 23.4 Å². The molecule has 0 N–H and O–H groups in total. The smallest absolute Gasteiger partial charge is 0.205 e. The molecule has 2 heterocycles. The molecule has 4 rings (SSSR count). The number of rotatable bonds is 5. The van der Waals surface area contributed by atoms with Crippen LogP contribution in [0.4, 0.5) is 0 Å². The molecule has 0 amide bonds. The van der Waals surface area contributed by atoms with Gasteiger partial charge in [-0.2, -0.15) is 0 Å². The third-order valence-corrected chi connectivity index (χ3v) is 5.48. The minimum absolute atomic E-state index is 0.577. The Balaban J connectivity index is 1.49. The number of nitrogens with zero attached hydrogens (tertiary/aromatic N) is 4. The summed E-state index contributed by atoms with van der Waals surface area (Å²) in [6, 6.07) is 15.7. The Morgan fingerprint density at radius 1 is 1.07 bits per heavy atom. The monoisotopic (exact) mass is 396 g/mol. The zero-order chi connectivity index (χ0) is 18.8. The Bertz CT molecular complexity index is 1070. The van der Waals surface area contributed by atoms with Crippen molar-refractivity contribution in [1.29, 1.82) is 0 Å². The molecular formula is C20H17ClN4OS. The molecule has 0 aliphatic heterocycles. The first kappa shape index (κ1) is 17.8. The molecule has 0 saturated heterocycles. The highest BCUT2D eigenvalue weighted by molar-refractivity contribution is 7.98. The molecule has 2 aromatic carbocycles. The SMILES string of the molecule is Cc1ccccc1-c1nnc(SCc2ncc(-c3ccc(Cl)cc3)o2)n1C. The Labute approximate surface area is 166 Å². The zero-order valence-corrected chi connectivity index (χ0v) is 16.5. The fraction of sp³-hybridized carbons (Fsp3) is 0.150. The number of hydrogen-bond acceptors (Lipinski definition) is 5. The van der Waals surface area contributed by atoms with Crippen molar-refractivity contribution < 1.29 is 4.42 Å². The number of benzene rings is 2. The fourth-order valence-corrected chi connectivity index (χ4v) is 3.64. The van der Waals surface area contributed by atoms with Crippen LogP contribution in [0.1, 0.15) is 11.5 Å². The minimum Gasteiger partial charge on any atom is -0.440 e. The van der Waals surface area contributed by atoms with Gasteiger partial charge in [-0.05, 0) is 36.8 Å². The summed E-state index contributed by atoms with van der Waals surface area (Å²) in [4.78, 5) is 4.36. The van der Waals surface area contributed by atoms with E-state index < -0.39 is 0 Å². The summed E-state index contributed by atoms with van der Waals surface area (Å²) in [7, 11) is 1.97. The molecule has 4 aromatic rings. The topological polar surface area (TPSA) is 56.7 Å². The van der Waals surface area contributed by atoms with Gasteiger partial charge in [0.1, 0.15) is 0 Å². The van der Waals surface area contributed by atoms with E-state index in [1.807, 2.05) is 48.0 Å². The van der Waals surface area contributed by atoms with Crippen molar-refractivity contribution in [2.75, 3.05) is 0 Å². The van der Waals surface area contributed by atoms with E-state index in [2.05, 4.69) is 34.2 Å². The second-order valence-electron chi connectivity index (χ2n) is 6.09. The molecule has 0 spiro atoms. The Morgan fingerprint density at radius 2 is 1.85 bits per heavy atom.